The number of para-hydroxylation sites is 1. The first-order chi connectivity index (χ1) is 9.03. The fraction of sp³-hybridized carbons (Fsp3) is 0.500. The van der Waals surface area contributed by atoms with E-state index in [0.717, 1.165) is 0 Å². The smallest absolute Gasteiger partial charge is 0.316 e. The summed E-state index contributed by atoms with van der Waals surface area (Å²) >= 11 is 0. The van der Waals surface area contributed by atoms with Crippen molar-refractivity contribution in [3.05, 3.63) is 39.9 Å². The van der Waals surface area contributed by atoms with Gasteiger partial charge in [0, 0.05) is 11.6 Å². The predicted molar refractivity (Wildman–Crippen MR) is 72.0 cm³/mol. The third kappa shape index (κ3) is 2.75. The van der Waals surface area contributed by atoms with Gasteiger partial charge in [0.1, 0.15) is 0 Å². The molecule has 104 valence electrons. The molecular formula is C14H19NO4. The van der Waals surface area contributed by atoms with Crippen molar-refractivity contribution < 1.29 is 14.5 Å². The normalized spacial score (nSPS) is 11.1. The van der Waals surface area contributed by atoms with Gasteiger partial charge in [-0.05, 0) is 19.8 Å². The maximum absolute atomic E-state index is 12.3. The minimum Gasteiger partial charge on any atom is -0.465 e. The van der Waals surface area contributed by atoms with Gasteiger partial charge in [-0.15, -0.1) is 0 Å². The van der Waals surface area contributed by atoms with Crippen molar-refractivity contribution in [1.29, 1.82) is 0 Å². The van der Waals surface area contributed by atoms with E-state index in [1.807, 2.05) is 13.8 Å². The summed E-state index contributed by atoms with van der Waals surface area (Å²) in [6.45, 7) is 5.68. The van der Waals surface area contributed by atoms with Crippen molar-refractivity contribution >= 4 is 11.7 Å². The molecule has 5 heteroatoms. The van der Waals surface area contributed by atoms with Crippen LogP contribution in [0.2, 0.25) is 0 Å². The third-order valence-corrected chi connectivity index (χ3v) is 3.49. The summed E-state index contributed by atoms with van der Waals surface area (Å²) in [5.41, 5.74) is -0.539. The van der Waals surface area contributed by atoms with E-state index < -0.39 is 16.3 Å². The number of carbonyl (C=O) groups is 1. The molecule has 1 aromatic carbocycles. The van der Waals surface area contributed by atoms with Gasteiger partial charge < -0.3 is 4.74 Å². The molecule has 0 spiro atoms. The lowest BCUT2D eigenvalue weighted by molar-refractivity contribution is -0.386. The van der Waals surface area contributed by atoms with Crippen LogP contribution in [-0.4, -0.2) is 17.5 Å². The van der Waals surface area contributed by atoms with Crippen molar-refractivity contribution in [2.24, 2.45) is 0 Å². The molecule has 0 amide bonds. The molecule has 0 N–H and O–H groups in total. The van der Waals surface area contributed by atoms with Crippen molar-refractivity contribution in [2.45, 2.75) is 39.0 Å². The number of hydrogen-bond donors (Lipinski definition) is 0. The van der Waals surface area contributed by atoms with Gasteiger partial charge in [0.2, 0.25) is 0 Å². The van der Waals surface area contributed by atoms with Crippen LogP contribution in [-0.2, 0) is 14.9 Å². The average molecular weight is 265 g/mol. The van der Waals surface area contributed by atoms with E-state index in [2.05, 4.69) is 0 Å². The van der Waals surface area contributed by atoms with Gasteiger partial charge >= 0.3 is 5.97 Å². The van der Waals surface area contributed by atoms with Crippen molar-refractivity contribution in [3.63, 3.8) is 0 Å². The van der Waals surface area contributed by atoms with Gasteiger partial charge in [0.25, 0.3) is 5.69 Å². The van der Waals surface area contributed by atoms with Crippen LogP contribution < -0.4 is 0 Å². The Morgan fingerprint density at radius 1 is 1.26 bits per heavy atom. The third-order valence-electron chi connectivity index (χ3n) is 3.49. The molecule has 0 aromatic heterocycles. The van der Waals surface area contributed by atoms with Crippen LogP contribution in [0.4, 0.5) is 5.69 Å². The van der Waals surface area contributed by atoms with E-state index in [-0.39, 0.29) is 12.3 Å². The Morgan fingerprint density at radius 2 is 1.84 bits per heavy atom. The molecule has 1 aromatic rings. The summed E-state index contributed by atoms with van der Waals surface area (Å²) in [5.74, 6) is -0.394. The van der Waals surface area contributed by atoms with E-state index in [4.69, 9.17) is 4.74 Å². The number of benzene rings is 1. The Labute approximate surface area is 112 Å². The van der Waals surface area contributed by atoms with Gasteiger partial charge in [-0.25, -0.2) is 0 Å². The van der Waals surface area contributed by atoms with Crippen molar-refractivity contribution in [3.8, 4) is 0 Å². The topological polar surface area (TPSA) is 69.4 Å². The maximum atomic E-state index is 12.3. The molecule has 1 rings (SSSR count). The number of rotatable bonds is 6. The summed E-state index contributed by atoms with van der Waals surface area (Å²) in [6, 6.07) is 6.38. The number of hydrogen-bond acceptors (Lipinski definition) is 4. The number of ether oxygens (including phenoxy) is 1. The number of carbonyl (C=O) groups excluding carboxylic acids is 1. The van der Waals surface area contributed by atoms with Crippen LogP contribution in [0.5, 0.6) is 0 Å². The highest BCUT2D eigenvalue weighted by atomic mass is 16.6. The monoisotopic (exact) mass is 265 g/mol. The lowest BCUT2D eigenvalue weighted by Crippen LogP contribution is -2.37. The molecule has 0 saturated heterocycles. The van der Waals surface area contributed by atoms with E-state index in [9.17, 15) is 14.9 Å². The molecule has 0 aliphatic rings. The number of nitrogens with zero attached hydrogens (tertiary/aromatic N) is 1. The molecule has 0 bridgehead atoms. The quantitative estimate of drug-likeness (QED) is 0.450. The standard InChI is InChI=1S/C14H19NO4/c1-4-14(5-2,13(16)19-6-3)11-9-7-8-10-12(11)15(17)18/h7-10H,4-6H2,1-3H3. The molecule has 0 heterocycles. The Balaban J connectivity index is 3.42. The summed E-state index contributed by atoms with van der Waals surface area (Å²) in [6.07, 6.45) is 0.931. The van der Waals surface area contributed by atoms with Crippen LogP contribution >= 0.6 is 0 Å². The van der Waals surface area contributed by atoms with E-state index in [1.54, 1.807) is 25.1 Å². The van der Waals surface area contributed by atoms with E-state index in [0.29, 0.717) is 18.4 Å². The second-order valence-electron chi connectivity index (χ2n) is 4.28. The van der Waals surface area contributed by atoms with E-state index in [1.165, 1.54) is 6.07 Å². The van der Waals surface area contributed by atoms with Crippen molar-refractivity contribution in [1.82, 2.24) is 0 Å². The SMILES string of the molecule is CCOC(=O)C(CC)(CC)c1ccccc1[N+](=O)[O-]. The van der Waals surface area contributed by atoms with Crippen molar-refractivity contribution in [2.75, 3.05) is 6.61 Å². The first kappa shape index (κ1) is 15.1. The Bertz CT molecular complexity index is 466. The summed E-state index contributed by atoms with van der Waals surface area (Å²) < 4.78 is 5.12. The van der Waals surface area contributed by atoms with Crippen LogP contribution in [0, 0.1) is 10.1 Å². The minimum atomic E-state index is -0.945. The molecule has 0 fully saturated rings. The number of nitro benzene ring substituents is 1. The molecule has 0 aliphatic carbocycles. The summed E-state index contributed by atoms with van der Waals surface area (Å²) in [7, 11) is 0. The molecule has 0 radical (unpaired) electrons. The highest BCUT2D eigenvalue weighted by Gasteiger charge is 2.42. The van der Waals surface area contributed by atoms with E-state index >= 15 is 0 Å². The Kier molecular flexibility index (Phi) is 5.03. The molecule has 5 nitrogen and oxygen atoms in total. The second-order valence-corrected chi connectivity index (χ2v) is 4.28. The average Bonchev–Trinajstić information content (AvgIpc) is 2.41. The first-order valence-electron chi connectivity index (χ1n) is 6.44. The fourth-order valence-corrected chi connectivity index (χ4v) is 2.34. The first-order valence-corrected chi connectivity index (χ1v) is 6.44. The van der Waals surface area contributed by atoms with Gasteiger partial charge in [-0.1, -0.05) is 32.0 Å². The van der Waals surface area contributed by atoms with Crippen LogP contribution in [0.1, 0.15) is 39.2 Å². The zero-order chi connectivity index (χ0) is 14.5. The minimum absolute atomic E-state index is 0.0285. The molecule has 0 unspecified atom stereocenters. The van der Waals surface area contributed by atoms with Gasteiger partial charge in [-0.2, -0.15) is 0 Å². The molecular weight excluding hydrogens is 246 g/mol. The van der Waals surface area contributed by atoms with Gasteiger partial charge in [0.15, 0.2) is 0 Å². The lowest BCUT2D eigenvalue weighted by atomic mass is 9.75. The predicted octanol–water partition coefficient (Wildman–Crippen LogP) is 3.22. The summed E-state index contributed by atoms with van der Waals surface area (Å²) in [5, 5.41) is 11.1. The molecule has 0 aliphatic heterocycles. The zero-order valence-electron chi connectivity index (χ0n) is 11.5. The molecule has 19 heavy (non-hydrogen) atoms. The zero-order valence-corrected chi connectivity index (χ0v) is 11.5. The lowest BCUT2D eigenvalue weighted by Gasteiger charge is -2.29. The van der Waals surface area contributed by atoms with Crippen LogP contribution in [0.15, 0.2) is 24.3 Å². The van der Waals surface area contributed by atoms with Crippen LogP contribution in [0.3, 0.4) is 0 Å². The highest BCUT2D eigenvalue weighted by molar-refractivity contribution is 5.84. The molecule has 0 atom stereocenters. The fourth-order valence-electron chi connectivity index (χ4n) is 2.34. The van der Waals surface area contributed by atoms with Gasteiger partial charge in [0.05, 0.1) is 16.9 Å². The summed E-state index contributed by atoms with van der Waals surface area (Å²) in [4.78, 5) is 22.9. The Morgan fingerprint density at radius 3 is 2.32 bits per heavy atom. The molecule has 0 saturated carbocycles. The Hall–Kier alpha value is -1.91. The second kappa shape index (κ2) is 6.31. The largest absolute Gasteiger partial charge is 0.465 e. The number of nitro groups is 1. The van der Waals surface area contributed by atoms with Crippen LogP contribution in [0.25, 0.3) is 0 Å². The number of esters is 1. The maximum Gasteiger partial charge on any atom is 0.316 e. The highest BCUT2D eigenvalue weighted by Crippen LogP contribution is 2.38. The van der Waals surface area contributed by atoms with Gasteiger partial charge in [-0.3, -0.25) is 14.9 Å².